The van der Waals surface area contributed by atoms with Crippen LogP contribution in [0.2, 0.25) is 0 Å². The van der Waals surface area contributed by atoms with Crippen LogP contribution in [-0.4, -0.2) is 73.5 Å². The number of aromatic hydroxyl groups is 1. The number of likely N-dealkylation sites (N-methyl/N-ethyl adjacent to an activating group) is 1. The van der Waals surface area contributed by atoms with Gasteiger partial charge in [-0.2, -0.15) is 0 Å². The summed E-state index contributed by atoms with van der Waals surface area (Å²) in [5.41, 5.74) is -5.40. The number of carbonyl (C=O) groups excluding carboxylic acids is 3. The second kappa shape index (κ2) is 6.74. The molecule has 1 fully saturated rings. The van der Waals surface area contributed by atoms with Gasteiger partial charge in [0, 0.05) is 17.4 Å². The van der Waals surface area contributed by atoms with Gasteiger partial charge in [0.2, 0.25) is 5.78 Å². The lowest BCUT2D eigenvalue weighted by atomic mass is 9.54. The molecule has 170 valence electrons. The molecule has 0 saturated heterocycles. The summed E-state index contributed by atoms with van der Waals surface area (Å²) in [6, 6.07) is 3.14. The van der Waals surface area contributed by atoms with Crippen LogP contribution in [0.1, 0.15) is 31.4 Å². The summed E-state index contributed by atoms with van der Waals surface area (Å²) in [7, 11) is 3.09. The number of rotatable bonds is 2. The van der Waals surface area contributed by atoms with Gasteiger partial charge >= 0.3 is 0 Å². The lowest BCUT2D eigenvalue weighted by Gasteiger charge is -2.53. The maximum atomic E-state index is 13.7. The number of Topliss-reactive ketones (excluding diaryl/α,β-unsaturated/α-hetero) is 3. The van der Waals surface area contributed by atoms with Crippen LogP contribution in [0.3, 0.4) is 0 Å². The SMILES string of the molecule is CC(=O)C1=C(O)[C@]2(O)C(=O)C3=C(O)c4c(O)cccc4[C@](C)(O)[C@H]3C[C@H]2[C@H](N(C)C)C1=O. The molecule has 3 aliphatic carbocycles. The minimum Gasteiger partial charge on any atom is -0.508 e. The van der Waals surface area contributed by atoms with Crippen molar-refractivity contribution in [2.24, 2.45) is 11.8 Å². The fourth-order valence-corrected chi connectivity index (χ4v) is 5.60. The molecule has 5 N–H and O–H groups in total. The van der Waals surface area contributed by atoms with E-state index in [1.54, 1.807) is 14.1 Å². The Hall–Kier alpha value is -3.01. The molecular formula is C23H25NO8. The van der Waals surface area contributed by atoms with Crippen LogP contribution in [0.4, 0.5) is 0 Å². The molecule has 0 aromatic heterocycles. The minimum absolute atomic E-state index is 0.148. The Morgan fingerprint density at radius 1 is 1.12 bits per heavy atom. The highest BCUT2D eigenvalue weighted by molar-refractivity contribution is 6.25. The molecule has 4 rings (SSSR count). The molecule has 1 aromatic rings. The number of fused-ring (bicyclic) bond motifs is 3. The summed E-state index contributed by atoms with van der Waals surface area (Å²) >= 11 is 0. The fourth-order valence-electron chi connectivity index (χ4n) is 5.60. The molecule has 1 aromatic carbocycles. The Kier molecular flexibility index (Phi) is 4.68. The highest BCUT2D eigenvalue weighted by atomic mass is 16.3. The average molecular weight is 443 g/mol. The van der Waals surface area contributed by atoms with Crippen molar-refractivity contribution in [1.82, 2.24) is 4.90 Å². The largest absolute Gasteiger partial charge is 0.508 e. The van der Waals surface area contributed by atoms with E-state index in [0.717, 1.165) is 6.92 Å². The lowest BCUT2D eigenvalue weighted by Crippen LogP contribution is -2.66. The van der Waals surface area contributed by atoms with Crippen LogP contribution in [0, 0.1) is 11.8 Å². The summed E-state index contributed by atoms with van der Waals surface area (Å²) < 4.78 is 0. The Bertz CT molecular complexity index is 1140. The Morgan fingerprint density at radius 3 is 2.31 bits per heavy atom. The van der Waals surface area contributed by atoms with Crippen molar-refractivity contribution < 1.29 is 39.9 Å². The zero-order chi connectivity index (χ0) is 23.9. The summed E-state index contributed by atoms with van der Waals surface area (Å²) in [4.78, 5) is 40.4. The van der Waals surface area contributed by atoms with Crippen molar-refractivity contribution in [2.75, 3.05) is 14.1 Å². The maximum Gasteiger partial charge on any atom is 0.202 e. The first kappa shape index (κ1) is 22.2. The third-order valence-electron chi connectivity index (χ3n) is 7.13. The van der Waals surface area contributed by atoms with Gasteiger partial charge in [0.15, 0.2) is 17.2 Å². The predicted molar refractivity (Wildman–Crippen MR) is 112 cm³/mol. The van der Waals surface area contributed by atoms with Gasteiger partial charge in [-0.25, -0.2) is 0 Å². The fraction of sp³-hybridized carbons (Fsp3) is 0.435. The van der Waals surface area contributed by atoms with Crippen molar-refractivity contribution in [2.45, 2.75) is 37.5 Å². The van der Waals surface area contributed by atoms with E-state index < -0.39 is 63.5 Å². The van der Waals surface area contributed by atoms with Gasteiger partial charge in [-0.3, -0.25) is 19.3 Å². The van der Waals surface area contributed by atoms with Gasteiger partial charge in [0.1, 0.15) is 22.8 Å². The molecule has 0 radical (unpaired) electrons. The molecule has 32 heavy (non-hydrogen) atoms. The highest BCUT2D eigenvalue weighted by Gasteiger charge is 2.66. The summed E-state index contributed by atoms with van der Waals surface area (Å²) in [5, 5.41) is 55.1. The van der Waals surface area contributed by atoms with Crippen LogP contribution >= 0.6 is 0 Å². The molecule has 1 saturated carbocycles. The predicted octanol–water partition coefficient (Wildman–Crippen LogP) is 0.733. The van der Waals surface area contributed by atoms with E-state index in [1.165, 1.54) is 30.0 Å². The van der Waals surface area contributed by atoms with Crippen LogP contribution in [-0.2, 0) is 20.0 Å². The van der Waals surface area contributed by atoms with E-state index in [0.29, 0.717) is 0 Å². The molecule has 0 amide bonds. The Morgan fingerprint density at radius 2 is 1.75 bits per heavy atom. The van der Waals surface area contributed by atoms with Gasteiger partial charge in [-0.1, -0.05) is 12.1 Å². The van der Waals surface area contributed by atoms with Gasteiger partial charge < -0.3 is 25.5 Å². The summed E-state index contributed by atoms with van der Waals surface area (Å²) in [6.07, 6.45) is -0.159. The smallest absolute Gasteiger partial charge is 0.202 e. The zero-order valence-corrected chi connectivity index (χ0v) is 18.1. The number of phenols is 1. The molecule has 9 nitrogen and oxygen atoms in total. The number of nitrogens with zero attached hydrogens (tertiary/aromatic N) is 1. The molecule has 3 aliphatic rings. The first-order valence-electron chi connectivity index (χ1n) is 10.2. The number of aliphatic hydroxyl groups is 4. The highest BCUT2D eigenvalue weighted by Crippen LogP contribution is 2.57. The molecule has 0 aliphatic heterocycles. The van der Waals surface area contributed by atoms with E-state index in [4.69, 9.17) is 0 Å². The standard InChI is InChI=1S/C23H25NO8/c1-9(25)14-19(28)17(24(3)4)12-8-11-16(21(30)23(12,32)20(14)29)18(27)15-10(22(11,2)31)6-5-7-13(15)26/h5-7,11-12,17,26-27,29,31-32H,8H2,1-4H3/t11-,12-,17-,22-,23-/m0/s1. The molecule has 9 heteroatoms. The van der Waals surface area contributed by atoms with Crippen molar-refractivity contribution in [3.8, 4) is 5.75 Å². The van der Waals surface area contributed by atoms with Crippen LogP contribution in [0.5, 0.6) is 5.75 Å². The van der Waals surface area contributed by atoms with Crippen molar-refractivity contribution in [3.05, 3.63) is 46.2 Å². The molecule has 5 atom stereocenters. The zero-order valence-electron chi connectivity index (χ0n) is 18.1. The number of aliphatic hydroxyl groups excluding tert-OH is 2. The molecular weight excluding hydrogens is 418 g/mol. The number of hydrogen-bond donors (Lipinski definition) is 5. The average Bonchev–Trinajstić information content (AvgIpc) is 2.68. The van der Waals surface area contributed by atoms with E-state index in [-0.39, 0.29) is 28.9 Å². The van der Waals surface area contributed by atoms with E-state index >= 15 is 0 Å². The van der Waals surface area contributed by atoms with Gasteiger partial charge in [0.05, 0.1) is 17.2 Å². The molecule has 0 spiro atoms. The van der Waals surface area contributed by atoms with Crippen molar-refractivity contribution in [3.63, 3.8) is 0 Å². The lowest BCUT2D eigenvalue weighted by molar-refractivity contribution is -0.159. The number of phenolic OH excluding ortho intramolecular Hbond substituents is 1. The number of ketones is 3. The van der Waals surface area contributed by atoms with Crippen LogP contribution < -0.4 is 0 Å². The van der Waals surface area contributed by atoms with E-state index in [1.807, 2.05) is 0 Å². The third kappa shape index (κ3) is 2.52. The quantitative estimate of drug-likeness (QED) is 0.416. The van der Waals surface area contributed by atoms with Crippen LogP contribution in [0.25, 0.3) is 5.76 Å². The number of hydrogen-bond acceptors (Lipinski definition) is 9. The first-order chi connectivity index (χ1) is 14.8. The topological polar surface area (TPSA) is 156 Å². The minimum atomic E-state index is -2.67. The monoisotopic (exact) mass is 443 g/mol. The van der Waals surface area contributed by atoms with Gasteiger partial charge in [-0.05, 0) is 46.0 Å². The summed E-state index contributed by atoms with van der Waals surface area (Å²) in [5.74, 6) is -6.95. The normalized spacial score (nSPS) is 34.4. The maximum absolute atomic E-state index is 13.7. The summed E-state index contributed by atoms with van der Waals surface area (Å²) in [6.45, 7) is 2.47. The molecule has 0 heterocycles. The molecule has 0 unspecified atom stereocenters. The Balaban J connectivity index is 2.05. The number of carbonyl (C=O) groups is 3. The van der Waals surface area contributed by atoms with E-state index in [9.17, 15) is 39.9 Å². The van der Waals surface area contributed by atoms with Gasteiger partial charge in [0.25, 0.3) is 0 Å². The Labute approximate surface area is 183 Å². The van der Waals surface area contributed by atoms with Gasteiger partial charge in [-0.15, -0.1) is 0 Å². The molecule has 0 bridgehead atoms. The van der Waals surface area contributed by atoms with Crippen LogP contribution in [0.15, 0.2) is 35.1 Å². The first-order valence-corrected chi connectivity index (χ1v) is 10.2. The van der Waals surface area contributed by atoms with E-state index in [2.05, 4.69) is 0 Å². The number of benzene rings is 1. The van der Waals surface area contributed by atoms with Crippen molar-refractivity contribution in [1.29, 1.82) is 0 Å². The van der Waals surface area contributed by atoms with Crippen molar-refractivity contribution >= 4 is 23.1 Å². The second-order valence-electron chi connectivity index (χ2n) is 9.15. The second-order valence-corrected chi connectivity index (χ2v) is 9.15. The third-order valence-corrected chi connectivity index (χ3v) is 7.13.